The summed E-state index contributed by atoms with van der Waals surface area (Å²) in [5.41, 5.74) is 1.67. The third-order valence-corrected chi connectivity index (χ3v) is 2.50. The van der Waals surface area contributed by atoms with Gasteiger partial charge in [0.05, 0.1) is 7.11 Å². The number of furan rings is 1. The summed E-state index contributed by atoms with van der Waals surface area (Å²) in [6, 6.07) is 7.41. The average molecular weight is 243 g/mol. The van der Waals surface area contributed by atoms with E-state index in [0.29, 0.717) is 5.76 Å². The van der Waals surface area contributed by atoms with Gasteiger partial charge in [0, 0.05) is 24.0 Å². The molecule has 2 rings (SSSR count). The Labute approximate surface area is 105 Å². The predicted octanol–water partition coefficient (Wildman–Crippen LogP) is 2.92. The van der Waals surface area contributed by atoms with E-state index in [4.69, 9.17) is 4.42 Å². The van der Waals surface area contributed by atoms with Crippen LogP contribution in [0, 0.1) is 0 Å². The Morgan fingerprint density at radius 2 is 2.00 bits per heavy atom. The second-order valence-electron chi connectivity index (χ2n) is 3.75. The first-order valence-electron chi connectivity index (χ1n) is 5.47. The fraction of sp³-hybridized carbons (Fsp3) is 0.143. The Balaban J connectivity index is 2.26. The molecule has 2 heterocycles. The molecule has 18 heavy (non-hydrogen) atoms. The minimum absolute atomic E-state index is 0.394. The fourth-order valence-corrected chi connectivity index (χ4v) is 1.53. The van der Waals surface area contributed by atoms with Crippen molar-refractivity contribution < 1.29 is 13.9 Å². The van der Waals surface area contributed by atoms with Crippen LogP contribution >= 0.6 is 0 Å². The first kappa shape index (κ1) is 12.1. The van der Waals surface area contributed by atoms with E-state index in [1.165, 1.54) is 13.2 Å². The molecule has 2 aromatic heterocycles. The van der Waals surface area contributed by atoms with Crippen molar-refractivity contribution in [2.45, 2.75) is 6.92 Å². The smallest absolute Gasteiger partial charge is 0.330 e. The normalized spacial score (nSPS) is 11.3. The van der Waals surface area contributed by atoms with Crippen molar-refractivity contribution in [2.75, 3.05) is 7.11 Å². The maximum Gasteiger partial charge on any atom is 0.330 e. The van der Waals surface area contributed by atoms with Gasteiger partial charge in [-0.3, -0.25) is 4.98 Å². The predicted molar refractivity (Wildman–Crippen MR) is 67.6 cm³/mol. The van der Waals surface area contributed by atoms with E-state index in [1.807, 2.05) is 24.3 Å². The van der Waals surface area contributed by atoms with Gasteiger partial charge in [-0.1, -0.05) is 0 Å². The molecule has 0 amide bonds. The molecular formula is C14H13NO3. The van der Waals surface area contributed by atoms with Crippen LogP contribution in [0.5, 0.6) is 0 Å². The van der Waals surface area contributed by atoms with Gasteiger partial charge in [0.25, 0.3) is 0 Å². The molecular weight excluding hydrogens is 230 g/mol. The Bertz CT molecular complexity index is 570. The molecule has 0 N–H and O–H groups in total. The van der Waals surface area contributed by atoms with E-state index in [1.54, 1.807) is 19.3 Å². The van der Waals surface area contributed by atoms with Crippen LogP contribution in [0.1, 0.15) is 12.7 Å². The van der Waals surface area contributed by atoms with Crippen LogP contribution in [0.2, 0.25) is 0 Å². The molecule has 0 saturated heterocycles. The maximum absolute atomic E-state index is 11.1. The second-order valence-corrected chi connectivity index (χ2v) is 3.75. The summed E-state index contributed by atoms with van der Waals surface area (Å²) in [7, 11) is 1.34. The van der Waals surface area contributed by atoms with Gasteiger partial charge >= 0.3 is 5.97 Å². The molecule has 0 spiro atoms. The number of hydrogen-bond acceptors (Lipinski definition) is 4. The monoisotopic (exact) mass is 243 g/mol. The van der Waals surface area contributed by atoms with Crippen LogP contribution in [0.15, 0.2) is 47.2 Å². The summed E-state index contributed by atoms with van der Waals surface area (Å²) in [6.07, 6.45) is 4.80. The minimum Gasteiger partial charge on any atom is -0.466 e. The lowest BCUT2D eigenvalue weighted by molar-refractivity contribution is -0.134. The summed E-state index contributed by atoms with van der Waals surface area (Å²) in [4.78, 5) is 15.1. The molecule has 4 nitrogen and oxygen atoms in total. The highest BCUT2D eigenvalue weighted by molar-refractivity contribution is 5.90. The first-order chi connectivity index (χ1) is 8.70. The molecule has 0 fully saturated rings. The van der Waals surface area contributed by atoms with Crippen LogP contribution in [-0.4, -0.2) is 18.1 Å². The Kier molecular flexibility index (Phi) is 3.57. The molecule has 0 saturated carbocycles. The van der Waals surface area contributed by atoms with Crippen molar-refractivity contribution >= 4 is 11.5 Å². The zero-order valence-electron chi connectivity index (χ0n) is 10.2. The zero-order chi connectivity index (χ0) is 13.0. The molecule has 0 radical (unpaired) electrons. The number of methoxy groups -OCH3 is 1. The van der Waals surface area contributed by atoms with E-state index in [0.717, 1.165) is 16.9 Å². The van der Waals surface area contributed by atoms with Crippen molar-refractivity contribution in [3.63, 3.8) is 0 Å². The molecule has 0 aliphatic carbocycles. The second kappa shape index (κ2) is 5.31. The molecule has 0 aromatic carbocycles. The van der Waals surface area contributed by atoms with E-state index >= 15 is 0 Å². The number of ether oxygens (including phenoxy) is 1. The summed E-state index contributed by atoms with van der Waals surface area (Å²) in [5.74, 6) is 0.992. The Hall–Kier alpha value is -2.36. The number of nitrogens with zero attached hydrogens (tertiary/aromatic N) is 1. The van der Waals surface area contributed by atoms with Gasteiger partial charge in [-0.05, 0) is 36.8 Å². The molecule has 0 unspecified atom stereocenters. The number of carbonyl (C=O) groups is 1. The number of hydrogen-bond donors (Lipinski definition) is 0. The van der Waals surface area contributed by atoms with Gasteiger partial charge in [-0.15, -0.1) is 0 Å². The largest absolute Gasteiger partial charge is 0.466 e. The van der Waals surface area contributed by atoms with Gasteiger partial charge in [0.15, 0.2) is 0 Å². The van der Waals surface area contributed by atoms with Gasteiger partial charge < -0.3 is 9.15 Å². The third-order valence-electron chi connectivity index (χ3n) is 2.50. The molecule has 92 valence electrons. The Morgan fingerprint density at radius 3 is 2.67 bits per heavy atom. The number of esters is 1. The first-order valence-corrected chi connectivity index (χ1v) is 5.47. The number of pyridine rings is 1. The number of rotatable bonds is 3. The molecule has 4 heteroatoms. The average Bonchev–Trinajstić information content (AvgIpc) is 2.89. The SMILES string of the molecule is COC(=O)/C=C(\C)c1ccc(-c2ccncc2)o1. The van der Waals surface area contributed by atoms with E-state index < -0.39 is 5.97 Å². The topological polar surface area (TPSA) is 52.3 Å². The number of allylic oxidation sites excluding steroid dienone is 1. The van der Waals surface area contributed by atoms with Gasteiger partial charge in [-0.2, -0.15) is 0 Å². The van der Waals surface area contributed by atoms with E-state index in [2.05, 4.69) is 9.72 Å². The molecule has 2 aromatic rings. The summed E-state index contributed by atoms with van der Waals surface area (Å²) in [5, 5.41) is 0. The van der Waals surface area contributed by atoms with Gasteiger partial charge in [0.1, 0.15) is 11.5 Å². The lowest BCUT2D eigenvalue weighted by atomic mass is 10.2. The number of carbonyl (C=O) groups excluding carboxylic acids is 1. The standard InChI is InChI=1S/C14H13NO3/c1-10(9-14(16)17-2)12-3-4-13(18-12)11-5-7-15-8-6-11/h3-9H,1-2H3/b10-9+. The highest BCUT2D eigenvalue weighted by Crippen LogP contribution is 2.25. The van der Waals surface area contributed by atoms with Gasteiger partial charge in [-0.25, -0.2) is 4.79 Å². The van der Waals surface area contributed by atoms with Crippen molar-refractivity contribution in [3.05, 3.63) is 48.5 Å². The van der Waals surface area contributed by atoms with E-state index in [-0.39, 0.29) is 0 Å². The lowest BCUT2D eigenvalue weighted by Crippen LogP contribution is -1.95. The maximum atomic E-state index is 11.1. The summed E-state index contributed by atoms with van der Waals surface area (Å²) < 4.78 is 10.2. The highest BCUT2D eigenvalue weighted by atomic mass is 16.5. The summed E-state index contributed by atoms with van der Waals surface area (Å²) in [6.45, 7) is 1.80. The van der Waals surface area contributed by atoms with Crippen molar-refractivity contribution in [1.82, 2.24) is 4.98 Å². The van der Waals surface area contributed by atoms with Crippen LogP contribution in [0.25, 0.3) is 16.9 Å². The highest BCUT2D eigenvalue weighted by Gasteiger charge is 2.07. The third kappa shape index (κ3) is 2.66. The fourth-order valence-electron chi connectivity index (χ4n) is 1.53. The van der Waals surface area contributed by atoms with Gasteiger partial charge in [0.2, 0.25) is 0 Å². The minimum atomic E-state index is -0.394. The number of aromatic nitrogens is 1. The van der Waals surface area contributed by atoms with Crippen molar-refractivity contribution in [3.8, 4) is 11.3 Å². The summed E-state index contributed by atoms with van der Waals surface area (Å²) >= 11 is 0. The quantitative estimate of drug-likeness (QED) is 0.614. The molecule has 0 aliphatic rings. The van der Waals surface area contributed by atoms with E-state index in [9.17, 15) is 4.79 Å². The van der Waals surface area contributed by atoms with Crippen LogP contribution in [-0.2, 0) is 9.53 Å². The van der Waals surface area contributed by atoms with Crippen LogP contribution < -0.4 is 0 Å². The zero-order valence-corrected chi connectivity index (χ0v) is 10.2. The molecule has 0 atom stereocenters. The molecule has 0 bridgehead atoms. The van der Waals surface area contributed by atoms with Crippen LogP contribution in [0.4, 0.5) is 0 Å². The Morgan fingerprint density at radius 1 is 1.28 bits per heavy atom. The molecule has 0 aliphatic heterocycles. The van der Waals surface area contributed by atoms with Crippen molar-refractivity contribution in [1.29, 1.82) is 0 Å². The lowest BCUT2D eigenvalue weighted by Gasteiger charge is -1.97. The van der Waals surface area contributed by atoms with Crippen LogP contribution in [0.3, 0.4) is 0 Å². The van der Waals surface area contributed by atoms with Crippen molar-refractivity contribution in [2.24, 2.45) is 0 Å².